The first-order valence-corrected chi connectivity index (χ1v) is 7.15. The number of allylic oxidation sites excluding steroid dienone is 1. The van der Waals surface area contributed by atoms with Crippen molar-refractivity contribution in [3.05, 3.63) is 66.2 Å². The maximum absolute atomic E-state index is 11.8. The fourth-order valence-corrected chi connectivity index (χ4v) is 2.08. The van der Waals surface area contributed by atoms with Crippen LogP contribution in [0.4, 0.5) is 0 Å². The summed E-state index contributed by atoms with van der Waals surface area (Å²) in [5.74, 6) is -0.259. The second-order valence-electron chi connectivity index (χ2n) is 4.82. The van der Waals surface area contributed by atoms with Crippen molar-refractivity contribution in [2.45, 2.75) is 6.54 Å². The van der Waals surface area contributed by atoms with Crippen LogP contribution in [0.3, 0.4) is 0 Å². The SMILES string of the molecule is O=C(Cn1nnc2ccccc21)N/N=C/C=C/c1ccccc1. The van der Waals surface area contributed by atoms with Crippen LogP contribution in [-0.4, -0.2) is 27.1 Å². The summed E-state index contributed by atoms with van der Waals surface area (Å²) < 4.78 is 1.54. The first-order valence-electron chi connectivity index (χ1n) is 7.15. The van der Waals surface area contributed by atoms with Crippen LogP contribution in [0.15, 0.2) is 65.8 Å². The Kier molecular flexibility index (Phi) is 4.54. The average Bonchev–Trinajstić information content (AvgIpc) is 2.99. The molecule has 6 heteroatoms. The van der Waals surface area contributed by atoms with Crippen LogP contribution in [0.2, 0.25) is 0 Å². The van der Waals surface area contributed by atoms with E-state index in [2.05, 4.69) is 20.8 Å². The van der Waals surface area contributed by atoms with Gasteiger partial charge in [-0.25, -0.2) is 10.1 Å². The third kappa shape index (κ3) is 3.88. The van der Waals surface area contributed by atoms with Gasteiger partial charge in [-0.3, -0.25) is 4.79 Å². The minimum absolute atomic E-state index is 0.0697. The number of aromatic nitrogens is 3. The highest BCUT2D eigenvalue weighted by Crippen LogP contribution is 2.09. The highest BCUT2D eigenvalue weighted by molar-refractivity contribution is 5.82. The molecule has 0 aliphatic rings. The maximum atomic E-state index is 11.8. The topological polar surface area (TPSA) is 72.2 Å². The lowest BCUT2D eigenvalue weighted by Gasteiger charge is -2.00. The van der Waals surface area contributed by atoms with E-state index in [1.54, 1.807) is 10.8 Å². The van der Waals surface area contributed by atoms with E-state index in [1.807, 2.05) is 60.7 Å². The van der Waals surface area contributed by atoms with E-state index in [-0.39, 0.29) is 12.5 Å². The molecule has 0 saturated heterocycles. The molecule has 0 fully saturated rings. The summed E-state index contributed by atoms with van der Waals surface area (Å²) in [6.07, 6.45) is 5.20. The predicted octanol–water partition coefficient (Wildman–Crippen LogP) is 2.25. The van der Waals surface area contributed by atoms with Crippen LogP contribution in [0.1, 0.15) is 5.56 Å². The van der Waals surface area contributed by atoms with Gasteiger partial charge in [0.1, 0.15) is 12.1 Å². The molecule has 0 spiro atoms. The number of benzene rings is 2. The first-order chi connectivity index (χ1) is 11.3. The van der Waals surface area contributed by atoms with E-state index < -0.39 is 0 Å². The summed E-state index contributed by atoms with van der Waals surface area (Å²) in [6.45, 7) is 0.0697. The van der Waals surface area contributed by atoms with Crippen molar-refractivity contribution >= 4 is 29.2 Å². The van der Waals surface area contributed by atoms with Crippen molar-refractivity contribution in [1.29, 1.82) is 0 Å². The number of carbonyl (C=O) groups excluding carboxylic acids is 1. The van der Waals surface area contributed by atoms with Gasteiger partial charge in [-0.2, -0.15) is 5.10 Å². The zero-order valence-corrected chi connectivity index (χ0v) is 12.3. The molecule has 0 bridgehead atoms. The Hall–Kier alpha value is -3.28. The number of nitrogens with zero attached hydrogens (tertiary/aromatic N) is 4. The molecule has 2 aromatic carbocycles. The van der Waals surface area contributed by atoms with Crippen molar-refractivity contribution in [3.63, 3.8) is 0 Å². The van der Waals surface area contributed by atoms with Crippen molar-refractivity contribution in [1.82, 2.24) is 20.4 Å². The number of hydrazone groups is 1. The summed E-state index contributed by atoms with van der Waals surface area (Å²) in [7, 11) is 0. The Bertz CT molecular complexity index is 852. The Morgan fingerprint density at radius 2 is 1.91 bits per heavy atom. The van der Waals surface area contributed by atoms with Gasteiger partial charge in [0, 0.05) is 6.21 Å². The Morgan fingerprint density at radius 3 is 2.78 bits per heavy atom. The molecular weight excluding hydrogens is 290 g/mol. The van der Waals surface area contributed by atoms with Gasteiger partial charge in [0.25, 0.3) is 5.91 Å². The highest BCUT2D eigenvalue weighted by Gasteiger charge is 2.07. The fourth-order valence-electron chi connectivity index (χ4n) is 2.08. The molecule has 3 rings (SSSR count). The Morgan fingerprint density at radius 1 is 1.13 bits per heavy atom. The van der Waals surface area contributed by atoms with Crippen molar-refractivity contribution < 1.29 is 4.79 Å². The van der Waals surface area contributed by atoms with Gasteiger partial charge >= 0.3 is 0 Å². The minimum Gasteiger partial charge on any atom is -0.271 e. The van der Waals surface area contributed by atoms with E-state index >= 15 is 0 Å². The molecular formula is C17H15N5O. The largest absolute Gasteiger partial charge is 0.271 e. The van der Waals surface area contributed by atoms with Crippen LogP contribution in [-0.2, 0) is 11.3 Å². The number of amides is 1. The standard InChI is InChI=1S/C17H15N5O/c23-17(13-22-16-11-5-4-10-15(16)19-21-22)20-18-12-6-9-14-7-2-1-3-8-14/h1-12H,13H2,(H,20,23)/b9-6+,18-12+. The number of para-hydroxylation sites is 1. The summed E-state index contributed by atoms with van der Waals surface area (Å²) >= 11 is 0. The van der Waals surface area contributed by atoms with E-state index in [0.29, 0.717) is 0 Å². The van der Waals surface area contributed by atoms with Crippen molar-refractivity contribution in [2.75, 3.05) is 0 Å². The van der Waals surface area contributed by atoms with Crippen LogP contribution >= 0.6 is 0 Å². The predicted molar refractivity (Wildman–Crippen MR) is 89.6 cm³/mol. The van der Waals surface area contributed by atoms with Gasteiger partial charge in [0.2, 0.25) is 0 Å². The molecule has 3 aromatic rings. The molecule has 0 unspecified atom stereocenters. The highest BCUT2D eigenvalue weighted by atomic mass is 16.2. The van der Waals surface area contributed by atoms with Crippen molar-refractivity contribution in [2.24, 2.45) is 5.10 Å². The molecule has 1 amide bonds. The lowest BCUT2D eigenvalue weighted by Crippen LogP contribution is -2.23. The zero-order valence-electron chi connectivity index (χ0n) is 12.3. The van der Waals surface area contributed by atoms with Gasteiger partial charge in [-0.1, -0.05) is 53.8 Å². The molecule has 0 radical (unpaired) electrons. The van der Waals surface area contributed by atoms with Gasteiger partial charge in [-0.15, -0.1) is 5.10 Å². The third-order valence-electron chi connectivity index (χ3n) is 3.15. The van der Waals surface area contributed by atoms with Crippen molar-refractivity contribution in [3.8, 4) is 0 Å². The number of carbonyl (C=O) groups is 1. The number of nitrogens with one attached hydrogen (secondary N) is 1. The monoisotopic (exact) mass is 305 g/mol. The van der Waals surface area contributed by atoms with Gasteiger partial charge in [0.15, 0.2) is 0 Å². The zero-order chi connectivity index (χ0) is 15.9. The van der Waals surface area contributed by atoms with E-state index in [9.17, 15) is 4.79 Å². The normalized spacial score (nSPS) is 11.5. The molecule has 0 aliphatic carbocycles. The van der Waals surface area contributed by atoms with E-state index in [0.717, 1.165) is 16.6 Å². The van der Waals surface area contributed by atoms with Crippen LogP contribution in [0, 0.1) is 0 Å². The molecule has 0 atom stereocenters. The fraction of sp³-hybridized carbons (Fsp3) is 0.0588. The third-order valence-corrected chi connectivity index (χ3v) is 3.15. The molecule has 6 nitrogen and oxygen atoms in total. The second-order valence-corrected chi connectivity index (χ2v) is 4.82. The molecule has 0 saturated carbocycles. The minimum atomic E-state index is -0.259. The van der Waals surface area contributed by atoms with E-state index in [4.69, 9.17) is 0 Å². The second kappa shape index (κ2) is 7.13. The van der Waals surface area contributed by atoms with Crippen LogP contribution in [0.25, 0.3) is 17.1 Å². The first kappa shape index (κ1) is 14.6. The molecule has 0 aliphatic heterocycles. The van der Waals surface area contributed by atoms with Gasteiger partial charge in [-0.05, 0) is 23.8 Å². The molecule has 23 heavy (non-hydrogen) atoms. The summed E-state index contributed by atoms with van der Waals surface area (Å²) in [6, 6.07) is 17.3. The molecule has 1 aromatic heterocycles. The summed E-state index contributed by atoms with van der Waals surface area (Å²) in [4.78, 5) is 11.8. The summed E-state index contributed by atoms with van der Waals surface area (Å²) in [5.41, 5.74) is 5.11. The average molecular weight is 305 g/mol. The maximum Gasteiger partial charge on any atom is 0.261 e. The Labute approximate surface area is 133 Å². The lowest BCUT2D eigenvalue weighted by molar-refractivity contribution is -0.121. The molecule has 114 valence electrons. The number of hydrogen-bond acceptors (Lipinski definition) is 4. The van der Waals surface area contributed by atoms with Crippen LogP contribution < -0.4 is 5.43 Å². The number of fused-ring (bicyclic) bond motifs is 1. The quantitative estimate of drug-likeness (QED) is 0.580. The smallest absolute Gasteiger partial charge is 0.261 e. The van der Waals surface area contributed by atoms with Gasteiger partial charge < -0.3 is 0 Å². The van der Waals surface area contributed by atoms with E-state index in [1.165, 1.54) is 6.21 Å². The number of rotatable bonds is 5. The summed E-state index contributed by atoms with van der Waals surface area (Å²) in [5, 5.41) is 11.8. The Balaban J connectivity index is 1.53. The molecule has 1 N–H and O–H groups in total. The van der Waals surface area contributed by atoms with Gasteiger partial charge in [0.05, 0.1) is 5.52 Å². The lowest BCUT2D eigenvalue weighted by atomic mass is 10.2. The number of hydrogen-bond donors (Lipinski definition) is 1. The molecule has 1 heterocycles. The van der Waals surface area contributed by atoms with Crippen LogP contribution in [0.5, 0.6) is 0 Å².